The second kappa shape index (κ2) is 7.55. The van der Waals surface area contributed by atoms with Gasteiger partial charge in [0.25, 0.3) is 0 Å². The SMILES string of the molecule is COCCCCOC(=O)c1cccc(N)c1OC. The van der Waals surface area contributed by atoms with Gasteiger partial charge in [-0.1, -0.05) is 6.07 Å². The molecule has 0 unspecified atom stereocenters. The Morgan fingerprint density at radius 1 is 1.22 bits per heavy atom. The summed E-state index contributed by atoms with van der Waals surface area (Å²) in [5.41, 5.74) is 6.49. The summed E-state index contributed by atoms with van der Waals surface area (Å²) in [7, 11) is 3.12. The standard InChI is InChI=1S/C13H19NO4/c1-16-8-3-4-9-18-13(15)10-6-5-7-11(14)12(10)17-2/h5-7H,3-4,8-9,14H2,1-2H3. The number of nitrogen functional groups attached to an aromatic ring is 1. The Hall–Kier alpha value is -1.75. The molecule has 0 amide bonds. The Morgan fingerprint density at radius 3 is 2.61 bits per heavy atom. The third kappa shape index (κ3) is 3.92. The number of methoxy groups -OCH3 is 2. The molecule has 0 atom stereocenters. The molecule has 0 aliphatic heterocycles. The summed E-state index contributed by atoms with van der Waals surface area (Å²) in [6.45, 7) is 1.03. The van der Waals surface area contributed by atoms with E-state index in [9.17, 15) is 4.79 Å². The van der Waals surface area contributed by atoms with E-state index in [1.807, 2.05) is 0 Å². The normalized spacial score (nSPS) is 10.1. The summed E-state index contributed by atoms with van der Waals surface area (Å²) in [5.74, 6) is -0.0593. The first-order chi connectivity index (χ1) is 8.70. The highest BCUT2D eigenvalue weighted by molar-refractivity contribution is 5.94. The van der Waals surface area contributed by atoms with Crippen LogP contribution in [0.3, 0.4) is 0 Å². The van der Waals surface area contributed by atoms with E-state index in [0.717, 1.165) is 12.8 Å². The van der Waals surface area contributed by atoms with Crippen molar-refractivity contribution in [2.75, 3.05) is 33.2 Å². The molecule has 0 heterocycles. The quantitative estimate of drug-likeness (QED) is 0.456. The van der Waals surface area contributed by atoms with Crippen LogP contribution in [-0.4, -0.2) is 33.4 Å². The minimum absolute atomic E-state index is 0.351. The van der Waals surface area contributed by atoms with E-state index in [-0.39, 0.29) is 0 Å². The number of hydrogen-bond acceptors (Lipinski definition) is 5. The molecule has 0 aliphatic rings. The van der Waals surface area contributed by atoms with Gasteiger partial charge in [-0.15, -0.1) is 0 Å². The van der Waals surface area contributed by atoms with Gasteiger partial charge < -0.3 is 19.9 Å². The molecular weight excluding hydrogens is 234 g/mol. The van der Waals surface area contributed by atoms with E-state index in [2.05, 4.69) is 0 Å². The molecule has 0 spiro atoms. The van der Waals surface area contributed by atoms with E-state index in [4.69, 9.17) is 19.9 Å². The van der Waals surface area contributed by atoms with E-state index in [1.54, 1.807) is 25.3 Å². The van der Waals surface area contributed by atoms with Crippen LogP contribution >= 0.6 is 0 Å². The third-order valence-corrected chi connectivity index (χ3v) is 2.45. The molecule has 0 fully saturated rings. The predicted octanol–water partition coefficient (Wildman–Crippen LogP) is 1.86. The zero-order chi connectivity index (χ0) is 13.4. The molecule has 0 radical (unpaired) electrons. The van der Waals surface area contributed by atoms with Gasteiger partial charge in [0, 0.05) is 13.7 Å². The van der Waals surface area contributed by atoms with Crippen molar-refractivity contribution in [3.05, 3.63) is 23.8 Å². The molecule has 0 saturated carbocycles. The minimum atomic E-state index is -0.420. The maximum Gasteiger partial charge on any atom is 0.342 e. The molecule has 0 aromatic heterocycles. The number of carbonyl (C=O) groups excluding carboxylic acids is 1. The summed E-state index contributed by atoms with van der Waals surface area (Å²) in [6.07, 6.45) is 1.63. The van der Waals surface area contributed by atoms with Crippen LogP contribution in [0.15, 0.2) is 18.2 Å². The van der Waals surface area contributed by atoms with Crippen LogP contribution < -0.4 is 10.5 Å². The number of unbranched alkanes of at least 4 members (excludes halogenated alkanes) is 1. The van der Waals surface area contributed by atoms with Crippen LogP contribution in [0.4, 0.5) is 5.69 Å². The fourth-order valence-electron chi connectivity index (χ4n) is 1.53. The fourth-order valence-corrected chi connectivity index (χ4v) is 1.53. The highest BCUT2D eigenvalue weighted by atomic mass is 16.5. The van der Waals surface area contributed by atoms with Crippen molar-refractivity contribution in [3.63, 3.8) is 0 Å². The Labute approximate surface area is 107 Å². The van der Waals surface area contributed by atoms with Gasteiger partial charge in [0.2, 0.25) is 0 Å². The van der Waals surface area contributed by atoms with Crippen LogP contribution in [0.5, 0.6) is 5.75 Å². The van der Waals surface area contributed by atoms with Crippen molar-refractivity contribution in [1.82, 2.24) is 0 Å². The van der Waals surface area contributed by atoms with Crippen molar-refractivity contribution < 1.29 is 19.0 Å². The van der Waals surface area contributed by atoms with Gasteiger partial charge in [-0.25, -0.2) is 4.79 Å². The largest absolute Gasteiger partial charge is 0.494 e. The molecule has 1 aromatic rings. The molecule has 0 saturated heterocycles. The zero-order valence-electron chi connectivity index (χ0n) is 10.8. The minimum Gasteiger partial charge on any atom is -0.494 e. The monoisotopic (exact) mass is 253 g/mol. The first-order valence-electron chi connectivity index (χ1n) is 5.79. The smallest absolute Gasteiger partial charge is 0.342 e. The lowest BCUT2D eigenvalue weighted by molar-refractivity contribution is 0.0485. The van der Waals surface area contributed by atoms with E-state index in [0.29, 0.717) is 30.2 Å². The van der Waals surface area contributed by atoms with Gasteiger partial charge >= 0.3 is 5.97 Å². The second-order valence-electron chi connectivity index (χ2n) is 3.76. The summed E-state index contributed by atoms with van der Waals surface area (Å²) in [4.78, 5) is 11.8. The van der Waals surface area contributed by atoms with Crippen molar-refractivity contribution in [1.29, 1.82) is 0 Å². The lowest BCUT2D eigenvalue weighted by Gasteiger charge is -2.10. The Morgan fingerprint density at radius 2 is 1.94 bits per heavy atom. The highest BCUT2D eigenvalue weighted by Crippen LogP contribution is 2.26. The van der Waals surface area contributed by atoms with Crippen LogP contribution in [0, 0.1) is 0 Å². The van der Waals surface area contributed by atoms with Crippen molar-refractivity contribution in [3.8, 4) is 5.75 Å². The zero-order valence-corrected chi connectivity index (χ0v) is 10.8. The molecule has 5 nitrogen and oxygen atoms in total. The summed E-state index contributed by atoms with van der Waals surface area (Å²) in [5, 5.41) is 0. The average Bonchev–Trinajstić information content (AvgIpc) is 2.38. The Balaban J connectivity index is 2.54. The van der Waals surface area contributed by atoms with Crippen molar-refractivity contribution in [2.24, 2.45) is 0 Å². The average molecular weight is 253 g/mol. The van der Waals surface area contributed by atoms with Gasteiger partial charge in [0.15, 0.2) is 5.75 Å². The number of nitrogens with two attached hydrogens (primary N) is 1. The molecule has 100 valence electrons. The van der Waals surface area contributed by atoms with Gasteiger partial charge in [-0.05, 0) is 25.0 Å². The number of rotatable bonds is 7. The maximum absolute atomic E-state index is 11.8. The highest BCUT2D eigenvalue weighted by Gasteiger charge is 2.15. The number of anilines is 1. The fraction of sp³-hybridized carbons (Fsp3) is 0.462. The predicted molar refractivity (Wildman–Crippen MR) is 68.8 cm³/mol. The molecule has 5 heteroatoms. The lowest BCUT2D eigenvalue weighted by atomic mass is 10.2. The summed E-state index contributed by atoms with van der Waals surface area (Å²) in [6, 6.07) is 5.00. The van der Waals surface area contributed by atoms with Gasteiger partial charge in [-0.3, -0.25) is 0 Å². The lowest BCUT2D eigenvalue weighted by Crippen LogP contribution is -2.09. The number of esters is 1. The number of carbonyl (C=O) groups is 1. The van der Waals surface area contributed by atoms with Gasteiger partial charge in [0.05, 0.1) is 19.4 Å². The molecule has 0 aliphatic carbocycles. The summed E-state index contributed by atoms with van der Waals surface area (Å²) < 4.78 is 15.1. The van der Waals surface area contributed by atoms with Crippen molar-refractivity contribution in [2.45, 2.75) is 12.8 Å². The van der Waals surface area contributed by atoms with Crippen LogP contribution in [0.25, 0.3) is 0 Å². The first-order valence-corrected chi connectivity index (χ1v) is 5.79. The number of hydrogen-bond donors (Lipinski definition) is 1. The number of ether oxygens (including phenoxy) is 3. The van der Waals surface area contributed by atoms with E-state index < -0.39 is 5.97 Å². The molecule has 1 aromatic carbocycles. The van der Waals surface area contributed by atoms with Gasteiger partial charge in [-0.2, -0.15) is 0 Å². The van der Waals surface area contributed by atoms with E-state index in [1.165, 1.54) is 7.11 Å². The number of benzene rings is 1. The molecule has 1 rings (SSSR count). The number of para-hydroxylation sites is 1. The molecule has 18 heavy (non-hydrogen) atoms. The first kappa shape index (κ1) is 14.3. The van der Waals surface area contributed by atoms with Crippen molar-refractivity contribution >= 4 is 11.7 Å². The van der Waals surface area contributed by atoms with Crippen LogP contribution in [-0.2, 0) is 9.47 Å². The third-order valence-electron chi connectivity index (χ3n) is 2.45. The Kier molecular flexibility index (Phi) is 6.00. The molecular formula is C13H19NO4. The molecule has 2 N–H and O–H groups in total. The second-order valence-corrected chi connectivity index (χ2v) is 3.76. The molecule has 0 bridgehead atoms. The topological polar surface area (TPSA) is 70.8 Å². The van der Waals surface area contributed by atoms with Crippen LogP contribution in [0.2, 0.25) is 0 Å². The summed E-state index contributed by atoms with van der Waals surface area (Å²) >= 11 is 0. The maximum atomic E-state index is 11.8. The Bertz CT molecular complexity index is 393. The van der Waals surface area contributed by atoms with E-state index >= 15 is 0 Å². The van der Waals surface area contributed by atoms with Gasteiger partial charge in [0.1, 0.15) is 5.56 Å². The van der Waals surface area contributed by atoms with Crippen LogP contribution in [0.1, 0.15) is 23.2 Å².